The number of carbonyl (C=O) groups excluding carboxylic acids is 1. The van der Waals surface area contributed by atoms with E-state index < -0.39 is 18.0 Å². The number of urea groups is 1. The average molecular weight is 281 g/mol. The lowest BCUT2D eigenvalue weighted by molar-refractivity contribution is -0.139. The number of nitrogens with one attached hydrogen (secondary N) is 2. The highest BCUT2D eigenvalue weighted by molar-refractivity contribution is 5.82. The highest BCUT2D eigenvalue weighted by Crippen LogP contribution is 2.06. The lowest BCUT2D eigenvalue weighted by atomic mass is 10.2. The summed E-state index contributed by atoms with van der Waals surface area (Å²) in [6, 6.07) is 2.08. The zero-order valence-corrected chi connectivity index (χ0v) is 11.5. The summed E-state index contributed by atoms with van der Waals surface area (Å²) in [7, 11) is 1.52. The molecule has 0 saturated carbocycles. The van der Waals surface area contributed by atoms with Gasteiger partial charge in [0, 0.05) is 18.8 Å². The van der Waals surface area contributed by atoms with Crippen LogP contribution in [0.15, 0.2) is 18.3 Å². The number of carboxylic acid groups (broad SMARTS) is 1. The number of aromatic nitrogens is 1. The monoisotopic (exact) mass is 281 g/mol. The highest BCUT2D eigenvalue weighted by Gasteiger charge is 2.18. The number of hydrogen-bond acceptors (Lipinski definition) is 4. The first-order valence-electron chi connectivity index (χ1n) is 6.33. The van der Waals surface area contributed by atoms with E-state index in [4.69, 9.17) is 9.84 Å². The minimum absolute atomic E-state index is 0.265. The van der Waals surface area contributed by atoms with Gasteiger partial charge in [-0.1, -0.05) is 19.4 Å². The lowest BCUT2D eigenvalue weighted by Crippen LogP contribution is -2.45. The van der Waals surface area contributed by atoms with Crippen molar-refractivity contribution < 1.29 is 19.4 Å². The number of ether oxygens (including phenoxy) is 1. The maximum Gasteiger partial charge on any atom is 0.326 e. The zero-order chi connectivity index (χ0) is 15.0. The third kappa shape index (κ3) is 5.13. The van der Waals surface area contributed by atoms with Crippen molar-refractivity contribution in [2.24, 2.45) is 0 Å². The van der Waals surface area contributed by atoms with Crippen LogP contribution in [0.2, 0.25) is 0 Å². The van der Waals surface area contributed by atoms with Crippen LogP contribution in [0.5, 0.6) is 5.88 Å². The van der Waals surface area contributed by atoms with Crippen LogP contribution in [0, 0.1) is 0 Å². The van der Waals surface area contributed by atoms with Gasteiger partial charge in [-0.25, -0.2) is 14.6 Å². The summed E-state index contributed by atoms with van der Waals surface area (Å²) in [4.78, 5) is 26.5. The molecule has 0 bridgehead atoms. The van der Waals surface area contributed by atoms with Crippen LogP contribution in [0.3, 0.4) is 0 Å². The number of carbonyl (C=O) groups is 2. The van der Waals surface area contributed by atoms with Crippen LogP contribution in [-0.4, -0.2) is 35.2 Å². The summed E-state index contributed by atoms with van der Waals surface area (Å²) in [5.41, 5.74) is 0.795. The molecule has 0 unspecified atom stereocenters. The molecule has 1 aromatic heterocycles. The van der Waals surface area contributed by atoms with E-state index in [0.29, 0.717) is 18.7 Å². The molecule has 110 valence electrons. The summed E-state index contributed by atoms with van der Waals surface area (Å²) in [6.07, 6.45) is 2.66. The van der Waals surface area contributed by atoms with E-state index in [1.165, 1.54) is 7.11 Å². The molecule has 20 heavy (non-hydrogen) atoms. The maximum absolute atomic E-state index is 11.6. The molecule has 1 rings (SSSR count). The van der Waals surface area contributed by atoms with Crippen molar-refractivity contribution in [1.29, 1.82) is 0 Å². The second-order valence-electron chi connectivity index (χ2n) is 4.22. The van der Waals surface area contributed by atoms with Gasteiger partial charge < -0.3 is 20.5 Å². The second-order valence-corrected chi connectivity index (χ2v) is 4.22. The Morgan fingerprint density at radius 3 is 2.70 bits per heavy atom. The normalized spacial score (nSPS) is 11.5. The highest BCUT2D eigenvalue weighted by atomic mass is 16.5. The Hall–Kier alpha value is -2.31. The standard InChI is InChI=1S/C13H19N3O4/c1-3-4-10(12(17)18)16-13(19)15-8-9-5-6-11(20-2)14-7-9/h5-7,10H,3-4,8H2,1-2H3,(H,17,18)(H2,15,16,19)/t10-/m1/s1. The molecular formula is C13H19N3O4. The SMILES string of the molecule is CCC[C@@H](NC(=O)NCc1ccc(OC)nc1)C(=O)O. The van der Waals surface area contributed by atoms with Crippen LogP contribution in [0.4, 0.5) is 4.79 Å². The first-order chi connectivity index (χ1) is 9.56. The third-order valence-corrected chi connectivity index (χ3v) is 2.64. The molecule has 1 heterocycles. The van der Waals surface area contributed by atoms with Gasteiger partial charge in [-0.05, 0) is 12.0 Å². The van der Waals surface area contributed by atoms with Crippen molar-refractivity contribution in [1.82, 2.24) is 15.6 Å². The van der Waals surface area contributed by atoms with Gasteiger partial charge in [-0.15, -0.1) is 0 Å². The number of amides is 2. The van der Waals surface area contributed by atoms with Gasteiger partial charge in [0.2, 0.25) is 5.88 Å². The summed E-state index contributed by atoms with van der Waals surface area (Å²) >= 11 is 0. The first kappa shape index (κ1) is 15.7. The molecular weight excluding hydrogens is 262 g/mol. The van der Waals surface area contributed by atoms with Crippen LogP contribution >= 0.6 is 0 Å². The van der Waals surface area contributed by atoms with E-state index >= 15 is 0 Å². The second kappa shape index (κ2) is 7.98. The zero-order valence-electron chi connectivity index (χ0n) is 11.5. The van der Waals surface area contributed by atoms with Gasteiger partial charge in [-0.2, -0.15) is 0 Å². The van der Waals surface area contributed by atoms with Crippen LogP contribution in [-0.2, 0) is 11.3 Å². The molecule has 0 aliphatic carbocycles. The quantitative estimate of drug-likeness (QED) is 0.696. The smallest absolute Gasteiger partial charge is 0.326 e. The topological polar surface area (TPSA) is 101 Å². The number of aliphatic carboxylic acids is 1. The summed E-state index contributed by atoms with van der Waals surface area (Å²) in [5, 5.41) is 13.9. The van der Waals surface area contributed by atoms with Crippen molar-refractivity contribution in [3.63, 3.8) is 0 Å². The molecule has 0 saturated heterocycles. The molecule has 7 nitrogen and oxygen atoms in total. The van der Waals surface area contributed by atoms with Crippen molar-refractivity contribution in [2.75, 3.05) is 7.11 Å². The van der Waals surface area contributed by atoms with Gasteiger partial charge in [0.05, 0.1) is 7.11 Å². The van der Waals surface area contributed by atoms with E-state index in [2.05, 4.69) is 15.6 Å². The minimum Gasteiger partial charge on any atom is -0.481 e. The Morgan fingerprint density at radius 2 is 2.20 bits per heavy atom. The van der Waals surface area contributed by atoms with Crippen LogP contribution in [0.25, 0.3) is 0 Å². The van der Waals surface area contributed by atoms with Crippen molar-refractivity contribution in [3.05, 3.63) is 23.9 Å². The molecule has 1 atom stereocenters. The lowest BCUT2D eigenvalue weighted by Gasteiger charge is -2.14. The predicted octanol–water partition coefficient (Wildman–Crippen LogP) is 1.14. The van der Waals surface area contributed by atoms with Crippen molar-refractivity contribution in [3.8, 4) is 5.88 Å². The van der Waals surface area contributed by atoms with Gasteiger partial charge in [0.25, 0.3) is 0 Å². The summed E-state index contributed by atoms with van der Waals surface area (Å²) in [5.74, 6) is -0.541. The fraction of sp³-hybridized carbons (Fsp3) is 0.462. The fourth-order valence-corrected chi connectivity index (χ4v) is 1.57. The number of methoxy groups -OCH3 is 1. The number of pyridine rings is 1. The summed E-state index contributed by atoms with van der Waals surface area (Å²) in [6.45, 7) is 2.12. The number of nitrogens with zero attached hydrogens (tertiary/aromatic N) is 1. The van der Waals surface area contributed by atoms with E-state index in [0.717, 1.165) is 5.56 Å². The van der Waals surface area contributed by atoms with Gasteiger partial charge in [-0.3, -0.25) is 0 Å². The van der Waals surface area contributed by atoms with Gasteiger partial charge in [0.15, 0.2) is 0 Å². The number of carboxylic acids is 1. The van der Waals surface area contributed by atoms with Gasteiger partial charge in [0.1, 0.15) is 6.04 Å². The largest absolute Gasteiger partial charge is 0.481 e. The van der Waals surface area contributed by atoms with Crippen LogP contribution < -0.4 is 15.4 Å². The van der Waals surface area contributed by atoms with E-state index in [1.54, 1.807) is 18.3 Å². The Kier molecular flexibility index (Phi) is 6.28. The molecule has 3 N–H and O–H groups in total. The third-order valence-electron chi connectivity index (χ3n) is 2.64. The molecule has 0 fully saturated rings. The fourth-order valence-electron chi connectivity index (χ4n) is 1.57. The van der Waals surface area contributed by atoms with E-state index in [9.17, 15) is 9.59 Å². The minimum atomic E-state index is -1.03. The number of hydrogen-bond donors (Lipinski definition) is 3. The predicted molar refractivity (Wildman–Crippen MR) is 72.5 cm³/mol. The maximum atomic E-state index is 11.6. The molecule has 2 amide bonds. The van der Waals surface area contributed by atoms with Crippen LogP contribution in [0.1, 0.15) is 25.3 Å². The molecule has 0 aliphatic heterocycles. The molecule has 1 aromatic rings. The molecule has 0 radical (unpaired) electrons. The Balaban J connectivity index is 2.43. The number of rotatable bonds is 7. The average Bonchev–Trinajstić information content (AvgIpc) is 2.45. The first-order valence-corrected chi connectivity index (χ1v) is 6.33. The van der Waals surface area contributed by atoms with E-state index in [1.807, 2.05) is 6.92 Å². The Morgan fingerprint density at radius 1 is 1.45 bits per heavy atom. The van der Waals surface area contributed by atoms with Crippen molar-refractivity contribution in [2.45, 2.75) is 32.4 Å². The van der Waals surface area contributed by atoms with Gasteiger partial charge >= 0.3 is 12.0 Å². The van der Waals surface area contributed by atoms with Crippen molar-refractivity contribution >= 4 is 12.0 Å². The summed E-state index contributed by atoms with van der Waals surface area (Å²) < 4.78 is 4.92. The Labute approximate surface area is 117 Å². The molecule has 0 spiro atoms. The van der Waals surface area contributed by atoms with E-state index in [-0.39, 0.29) is 6.54 Å². The molecule has 0 aliphatic rings. The molecule has 7 heteroatoms. The Bertz CT molecular complexity index is 447. The molecule has 0 aromatic carbocycles.